The largest absolute Gasteiger partial charge is 0.401 e. The van der Waals surface area contributed by atoms with Crippen LogP contribution < -0.4 is 10.6 Å². The topological polar surface area (TPSA) is 60.0 Å². The van der Waals surface area contributed by atoms with Gasteiger partial charge in [0.25, 0.3) is 5.91 Å². The SMILES string of the molecule is CN=C(NCCCN(C)CC(F)(F)F)NCCc1cccc(C(=O)N(C)C)c1. The van der Waals surface area contributed by atoms with E-state index in [1.165, 1.54) is 16.8 Å². The van der Waals surface area contributed by atoms with Crippen LogP contribution in [0.15, 0.2) is 29.3 Å². The van der Waals surface area contributed by atoms with Gasteiger partial charge in [-0.2, -0.15) is 13.2 Å². The van der Waals surface area contributed by atoms with Crippen LogP contribution in [0.25, 0.3) is 0 Å². The molecule has 6 nitrogen and oxygen atoms in total. The highest BCUT2D eigenvalue weighted by atomic mass is 19.4. The summed E-state index contributed by atoms with van der Waals surface area (Å²) in [6, 6.07) is 7.48. The molecule has 1 aromatic carbocycles. The summed E-state index contributed by atoms with van der Waals surface area (Å²) in [5, 5.41) is 6.25. The fourth-order valence-corrected chi connectivity index (χ4v) is 2.60. The second-order valence-electron chi connectivity index (χ2n) is 6.78. The van der Waals surface area contributed by atoms with Gasteiger partial charge in [-0.05, 0) is 44.1 Å². The zero-order chi connectivity index (χ0) is 21.2. The standard InChI is InChI=1S/C19H30F3N5O/c1-23-18(24-10-6-12-27(4)14-19(20,21)22)25-11-9-15-7-5-8-16(13-15)17(28)26(2)3/h5,7-8,13H,6,9-12,14H2,1-4H3,(H2,23,24,25). The number of carbonyl (C=O) groups is 1. The number of aliphatic imine (C=N–C) groups is 1. The summed E-state index contributed by atoms with van der Waals surface area (Å²) >= 11 is 0. The van der Waals surface area contributed by atoms with Gasteiger partial charge in [-0.25, -0.2) is 0 Å². The van der Waals surface area contributed by atoms with Crippen LogP contribution in [0, 0.1) is 0 Å². The smallest absolute Gasteiger partial charge is 0.356 e. The highest BCUT2D eigenvalue weighted by molar-refractivity contribution is 5.94. The molecule has 1 aromatic rings. The van der Waals surface area contributed by atoms with E-state index >= 15 is 0 Å². The van der Waals surface area contributed by atoms with Crippen molar-refractivity contribution < 1.29 is 18.0 Å². The van der Waals surface area contributed by atoms with Gasteiger partial charge in [-0.1, -0.05) is 12.1 Å². The number of nitrogens with zero attached hydrogens (tertiary/aromatic N) is 3. The minimum atomic E-state index is -4.17. The molecule has 0 spiro atoms. The Bertz CT molecular complexity index is 647. The molecular weight excluding hydrogens is 371 g/mol. The maximum absolute atomic E-state index is 12.3. The number of hydrogen-bond acceptors (Lipinski definition) is 3. The Balaban J connectivity index is 2.34. The molecule has 0 fully saturated rings. The Labute approximate surface area is 164 Å². The van der Waals surface area contributed by atoms with Gasteiger partial charge in [0.05, 0.1) is 6.54 Å². The first-order valence-electron chi connectivity index (χ1n) is 9.13. The van der Waals surface area contributed by atoms with Crippen molar-refractivity contribution in [1.29, 1.82) is 0 Å². The molecule has 0 unspecified atom stereocenters. The van der Waals surface area contributed by atoms with Gasteiger partial charge < -0.3 is 15.5 Å². The van der Waals surface area contributed by atoms with Crippen LogP contribution in [-0.4, -0.2) is 82.2 Å². The zero-order valence-electron chi connectivity index (χ0n) is 16.9. The Morgan fingerprint density at radius 3 is 2.43 bits per heavy atom. The van der Waals surface area contributed by atoms with Gasteiger partial charge in [0.1, 0.15) is 0 Å². The molecule has 1 rings (SSSR count). The zero-order valence-corrected chi connectivity index (χ0v) is 16.9. The second-order valence-corrected chi connectivity index (χ2v) is 6.78. The lowest BCUT2D eigenvalue weighted by Gasteiger charge is -2.19. The highest BCUT2D eigenvalue weighted by Crippen LogP contribution is 2.15. The van der Waals surface area contributed by atoms with Crippen LogP contribution in [0.3, 0.4) is 0 Å². The molecule has 2 N–H and O–H groups in total. The Kier molecular flexibility index (Phi) is 9.78. The number of guanidine groups is 1. The molecular formula is C19H30F3N5O. The van der Waals surface area contributed by atoms with Crippen LogP contribution >= 0.6 is 0 Å². The highest BCUT2D eigenvalue weighted by Gasteiger charge is 2.28. The molecule has 0 saturated heterocycles. The number of alkyl halides is 3. The predicted molar refractivity (Wildman–Crippen MR) is 106 cm³/mol. The number of benzene rings is 1. The first-order valence-corrected chi connectivity index (χ1v) is 9.13. The summed E-state index contributed by atoms with van der Waals surface area (Å²) in [5.74, 6) is 0.557. The molecule has 0 aliphatic heterocycles. The quantitative estimate of drug-likeness (QED) is 0.377. The Morgan fingerprint density at radius 1 is 1.14 bits per heavy atom. The van der Waals surface area contributed by atoms with Crippen LogP contribution in [0.5, 0.6) is 0 Å². The van der Waals surface area contributed by atoms with Crippen molar-refractivity contribution in [2.24, 2.45) is 4.99 Å². The average Bonchev–Trinajstić information content (AvgIpc) is 2.61. The Hall–Kier alpha value is -2.29. The average molecular weight is 401 g/mol. The van der Waals surface area contributed by atoms with Crippen molar-refractivity contribution in [2.45, 2.75) is 19.0 Å². The van der Waals surface area contributed by atoms with E-state index in [0.29, 0.717) is 44.0 Å². The minimum absolute atomic E-state index is 0.0391. The summed E-state index contributed by atoms with van der Waals surface area (Å²) in [6.07, 6.45) is -2.89. The summed E-state index contributed by atoms with van der Waals surface area (Å²) in [7, 11) is 6.53. The summed E-state index contributed by atoms with van der Waals surface area (Å²) < 4.78 is 36.8. The number of hydrogen-bond donors (Lipinski definition) is 2. The van der Waals surface area contributed by atoms with Crippen LogP contribution in [0.1, 0.15) is 22.3 Å². The van der Waals surface area contributed by atoms with Crippen molar-refractivity contribution in [1.82, 2.24) is 20.4 Å². The van der Waals surface area contributed by atoms with Crippen molar-refractivity contribution in [3.63, 3.8) is 0 Å². The normalized spacial score (nSPS) is 12.2. The van der Waals surface area contributed by atoms with E-state index in [1.807, 2.05) is 18.2 Å². The van der Waals surface area contributed by atoms with Crippen molar-refractivity contribution in [2.75, 3.05) is 54.4 Å². The molecule has 0 aromatic heterocycles. The van der Waals surface area contributed by atoms with Crippen LogP contribution in [-0.2, 0) is 6.42 Å². The molecule has 0 aliphatic carbocycles. The second kappa shape index (κ2) is 11.5. The van der Waals surface area contributed by atoms with Crippen LogP contribution in [0.2, 0.25) is 0 Å². The first-order chi connectivity index (χ1) is 13.1. The number of amides is 1. The van der Waals surface area contributed by atoms with E-state index < -0.39 is 12.7 Å². The van der Waals surface area contributed by atoms with E-state index in [9.17, 15) is 18.0 Å². The first kappa shape index (κ1) is 23.7. The third-order valence-corrected chi connectivity index (χ3v) is 3.97. The molecule has 0 radical (unpaired) electrons. The van der Waals surface area contributed by atoms with Gasteiger partial charge >= 0.3 is 6.18 Å². The van der Waals surface area contributed by atoms with Gasteiger partial charge in [-0.15, -0.1) is 0 Å². The maximum atomic E-state index is 12.3. The minimum Gasteiger partial charge on any atom is -0.356 e. The molecule has 0 saturated carbocycles. The van der Waals surface area contributed by atoms with Crippen molar-refractivity contribution in [3.8, 4) is 0 Å². The fourth-order valence-electron chi connectivity index (χ4n) is 2.60. The molecule has 0 aliphatic rings. The summed E-state index contributed by atoms with van der Waals surface area (Å²) in [6.45, 7) is 0.577. The van der Waals surface area contributed by atoms with Gasteiger partial charge in [0.15, 0.2) is 5.96 Å². The molecule has 0 atom stereocenters. The third-order valence-electron chi connectivity index (χ3n) is 3.97. The van der Waals surface area contributed by atoms with Crippen molar-refractivity contribution >= 4 is 11.9 Å². The fraction of sp³-hybridized carbons (Fsp3) is 0.579. The predicted octanol–water partition coefficient (Wildman–Crippen LogP) is 1.98. The van der Waals surface area contributed by atoms with E-state index in [0.717, 1.165) is 5.56 Å². The lowest BCUT2D eigenvalue weighted by Crippen LogP contribution is -2.40. The van der Waals surface area contributed by atoms with Crippen molar-refractivity contribution in [3.05, 3.63) is 35.4 Å². The van der Waals surface area contributed by atoms with E-state index in [-0.39, 0.29) is 5.91 Å². The number of nitrogens with one attached hydrogen (secondary N) is 2. The molecule has 28 heavy (non-hydrogen) atoms. The van der Waals surface area contributed by atoms with E-state index in [4.69, 9.17) is 0 Å². The molecule has 9 heteroatoms. The summed E-state index contributed by atoms with van der Waals surface area (Å²) in [5.41, 5.74) is 1.68. The Morgan fingerprint density at radius 2 is 1.82 bits per heavy atom. The number of halogens is 3. The van der Waals surface area contributed by atoms with E-state index in [1.54, 1.807) is 27.2 Å². The third kappa shape index (κ3) is 9.59. The lowest BCUT2D eigenvalue weighted by atomic mass is 10.1. The molecule has 158 valence electrons. The lowest BCUT2D eigenvalue weighted by molar-refractivity contribution is -0.143. The monoisotopic (exact) mass is 401 g/mol. The van der Waals surface area contributed by atoms with Crippen LogP contribution in [0.4, 0.5) is 13.2 Å². The van der Waals surface area contributed by atoms with Gasteiger partial charge in [0.2, 0.25) is 0 Å². The summed E-state index contributed by atoms with van der Waals surface area (Å²) in [4.78, 5) is 18.9. The number of rotatable bonds is 9. The molecule has 0 bridgehead atoms. The van der Waals surface area contributed by atoms with Gasteiger partial charge in [0, 0.05) is 39.8 Å². The van der Waals surface area contributed by atoms with Gasteiger partial charge in [-0.3, -0.25) is 14.7 Å². The molecule has 1 amide bonds. The molecule has 0 heterocycles. The number of carbonyl (C=O) groups excluding carboxylic acids is 1. The van der Waals surface area contributed by atoms with E-state index in [2.05, 4.69) is 15.6 Å². The maximum Gasteiger partial charge on any atom is 0.401 e.